The number of nitrogens with one attached hydrogen (secondary N) is 1. The van der Waals surface area contributed by atoms with Crippen molar-refractivity contribution in [1.29, 1.82) is 5.26 Å². The minimum Gasteiger partial charge on any atom is -0.489 e. The second-order valence-corrected chi connectivity index (χ2v) is 6.73. The predicted molar refractivity (Wildman–Crippen MR) is 107 cm³/mol. The van der Waals surface area contributed by atoms with Gasteiger partial charge < -0.3 is 10.1 Å². The van der Waals surface area contributed by atoms with Gasteiger partial charge in [-0.3, -0.25) is 4.79 Å². The SMILES string of the molecule is N#CCC(=O)NCc1c(OCc2ccc(Cl)c(Cl)c2)ccc2ccccc12. The largest absolute Gasteiger partial charge is 0.489 e. The molecule has 0 aliphatic rings. The molecule has 0 fully saturated rings. The van der Waals surface area contributed by atoms with Gasteiger partial charge in [0.2, 0.25) is 5.91 Å². The summed E-state index contributed by atoms with van der Waals surface area (Å²) in [7, 11) is 0. The molecule has 0 unspecified atom stereocenters. The summed E-state index contributed by atoms with van der Waals surface area (Å²) >= 11 is 12.0. The number of carbonyl (C=O) groups is 1. The molecular weight excluding hydrogens is 383 g/mol. The Morgan fingerprint density at radius 1 is 1.07 bits per heavy atom. The fraction of sp³-hybridized carbons (Fsp3) is 0.143. The Hall–Kier alpha value is -2.74. The molecule has 1 amide bonds. The summed E-state index contributed by atoms with van der Waals surface area (Å²) in [6.45, 7) is 0.590. The number of halogens is 2. The van der Waals surface area contributed by atoms with E-state index in [0.29, 0.717) is 22.4 Å². The van der Waals surface area contributed by atoms with Crippen LogP contribution in [0.3, 0.4) is 0 Å². The molecule has 4 nitrogen and oxygen atoms in total. The number of nitriles is 1. The second kappa shape index (κ2) is 8.77. The lowest BCUT2D eigenvalue weighted by Gasteiger charge is -2.15. The number of rotatable bonds is 6. The van der Waals surface area contributed by atoms with E-state index in [1.54, 1.807) is 12.1 Å². The van der Waals surface area contributed by atoms with Crippen molar-refractivity contribution in [3.05, 3.63) is 75.8 Å². The second-order valence-electron chi connectivity index (χ2n) is 5.91. The summed E-state index contributed by atoms with van der Waals surface area (Å²) in [6, 6.07) is 18.9. The highest BCUT2D eigenvalue weighted by Gasteiger charge is 2.11. The first kappa shape index (κ1) is 19.0. The minimum absolute atomic E-state index is 0.176. The van der Waals surface area contributed by atoms with Gasteiger partial charge in [0.25, 0.3) is 0 Å². The Balaban J connectivity index is 1.86. The molecule has 3 rings (SSSR count). The maximum atomic E-state index is 11.7. The van der Waals surface area contributed by atoms with E-state index in [0.717, 1.165) is 21.9 Å². The number of benzene rings is 3. The molecule has 136 valence electrons. The van der Waals surface area contributed by atoms with Gasteiger partial charge in [0.1, 0.15) is 18.8 Å². The smallest absolute Gasteiger partial charge is 0.234 e. The van der Waals surface area contributed by atoms with Crippen LogP contribution in [-0.2, 0) is 17.9 Å². The number of ether oxygens (including phenoxy) is 1. The standard InChI is InChI=1S/C21H16Cl2N2O2/c22-18-7-5-14(11-19(18)23)13-27-20-8-6-15-3-1-2-4-16(15)17(20)12-25-21(26)9-10-24/h1-8,11H,9,12-13H2,(H,25,26). The maximum absolute atomic E-state index is 11.7. The van der Waals surface area contributed by atoms with Gasteiger partial charge in [0.15, 0.2) is 0 Å². The van der Waals surface area contributed by atoms with E-state index in [1.165, 1.54) is 0 Å². The monoisotopic (exact) mass is 398 g/mol. The molecule has 0 aliphatic heterocycles. The zero-order valence-electron chi connectivity index (χ0n) is 14.3. The molecule has 0 spiro atoms. The Kier molecular flexibility index (Phi) is 6.18. The van der Waals surface area contributed by atoms with Gasteiger partial charge in [-0.05, 0) is 34.5 Å². The zero-order chi connectivity index (χ0) is 19.2. The lowest BCUT2D eigenvalue weighted by molar-refractivity contribution is -0.120. The van der Waals surface area contributed by atoms with Crippen LogP contribution >= 0.6 is 23.2 Å². The number of fused-ring (bicyclic) bond motifs is 1. The third-order valence-electron chi connectivity index (χ3n) is 4.08. The summed E-state index contributed by atoms with van der Waals surface area (Å²) in [4.78, 5) is 11.7. The summed E-state index contributed by atoms with van der Waals surface area (Å²) < 4.78 is 6.00. The molecule has 0 saturated carbocycles. The van der Waals surface area contributed by atoms with Crippen LogP contribution in [0.5, 0.6) is 5.75 Å². The predicted octanol–water partition coefficient (Wildman–Crippen LogP) is 5.26. The Morgan fingerprint density at radius 3 is 2.67 bits per heavy atom. The molecule has 27 heavy (non-hydrogen) atoms. The third-order valence-corrected chi connectivity index (χ3v) is 4.82. The van der Waals surface area contributed by atoms with Crippen LogP contribution in [0.4, 0.5) is 0 Å². The first-order valence-electron chi connectivity index (χ1n) is 8.29. The topological polar surface area (TPSA) is 62.1 Å². The number of amides is 1. The quantitative estimate of drug-likeness (QED) is 0.616. The molecule has 0 radical (unpaired) electrons. The van der Waals surface area contributed by atoms with E-state index >= 15 is 0 Å². The summed E-state index contributed by atoms with van der Waals surface area (Å²) in [5, 5.41) is 14.4. The number of carbonyl (C=O) groups excluding carboxylic acids is 1. The lowest BCUT2D eigenvalue weighted by Crippen LogP contribution is -2.22. The molecule has 3 aromatic carbocycles. The van der Waals surface area contributed by atoms with Crippen molar-refractivity contribution in [3.8, 4) is 11.8 Å². The summed E-state index contributed by atoms with van der Waals surface area (Å²) in [5.74, 6) is 0.345. The van der Waals surface area contributed by atoms with Crippen LogP contribution in [0.2, 0.25) is 10.0 Å². The third kappa shape index (κ3) is 4.71. The first-order valence-corrected chi connectivity index (χ1v) is 9.05. The van der Waals surface area contributed by atoms with Crippen molar-refractivity contribution in [2.24, 2.45) is 0 Å². The Bertz CT molecular complexity index is 1030. The molecule has 0 saturated heterocycles. The van der Waals surface area contributed by atoms with Crippen LogP contribution < -0.4 is 10.1 Å². The maximum Gasteiger partial charge on any atom is 0.234 e. The van der Waals surface area contributed by atoms with Gasteiger partial charge in [-0.2, -0.15) is 5.26 Å². The van der Waals surface area contributed by atoms with Crippen LogP contribution in [0.15, 0.2) is 54.6 Å². The number of hydrogen-bond acceptors (Lipinski definition) is 3. The van der Waals surface area contributed by atoms with E-state index in [9.17, 15) is 4.79 Å². The van der Waals surface area contributed by atoms with Gasteiger partial charge in [0.05, 0.1) is 16.1 Å². The van der Waals surface area contributed by atoms with Crippen LogP contribution in [0.25, 0.3) is 10.8 Å². The van der Waals surface area contributed by atoms with Crippen molar-refractivity contribution in [3.63, 3.8) is 0 Å². The molecule has 1 N–H and O–H groups in total. The summed E-state index contributed by atoms with van der Waals surface area (Å²) in [6.07, 6.45) is -0.176. The average molecular weight is 399 g/mol. The first-order chi connectivity index (χ1) is 13.1. The Labute approximate surface area is 167 Å². The molecule has 3 aromatic rings. The van der Waals surface area contributed by atoms with E-state index in [1.807, 2.05) is 48.5 Å². The average Bonchev–Trinajstić information content (AvgIpc) is 2.67. The van der Waals surface area contributed by atoms with Crippen molar-refractivity contribution >= 4 is 39.9 Å². The molecule has 6 heteroatoms. The fourth-order valence-corrected chi connectivity index (χ4v) is 3.07. The Morgan fingerprint density at radius 2 is 1.89 bits per heavy atom. The van der Waals surface area contributed by atoms with Gasteiger partial charge in [-0.15, -0.1) is 0 Å². The highest BCUT2D eigenvalue weighted by atomic mass is 35.5. The van der Waals surface area contributed by atoms with Gasteiger partial charge in [0, 0.05) is 12.1 Å². The highest BCUT2D eigenvalue weighted by molar-refractivity contribution is 6.42. The number of hydrogen-bond donors (Lipinski definition) is 1. The van der Waals surface area contributed by atoms with Gasteiger partial charge in [-0.25, -0.2) is 0 Å². The number of nitrogens with zero attached hydrogens (tertiary/aromatic N) is 1. The molecular formula is C21H16Cl2N2O2. The normalized spacial score (nSPS) is 10.4. The van der Waals surface area contributed by atoms with E-state index < -0.39 is 0 Å². The van der Waals surface area contributed by atoms with E-state index in [-0.39, 0.29) is 18.9 Å². The van der Waals surface area contributed by atoms with Crippen LogP contribution in [0.1, 0.15) is 17.5 Å². The fourth-order valence-electron chi connectivity index (χ4n) is 2.75. The van der Waals surface area contributed by atoms with E-state index in [4.69, 9.17) is 33.2 Å². The zero-order valence-corrected chi connectivity index (χ0v) is 15.8. The lowest BCUT2D eigenvalue weighted by atomic mass is 10.0. The van der Waals surface area contributed by atoms with Crippen molar-refractivity contribution in [2.75, 3.05) is 0 Å². The van der Waals surface area contributed by atoms with Crippen molar-refractivity contribution < 1.29 is 9.53 Å². The van der Waals surface area contributed by atoms with Gasteiger partial charge in [-0.1, -0.05) is 59.6 Å². The molecule has 0 aliphatic carbocycles. The van der Waals surface area contributed by atoms with Crippen molar-refractivity contribution in [2.45, 2.75) is 19.6 Å². The molecule has 0 heterocycles. The highest BCUT2D eigenvalue weighted by Crippen LogP contribution is 2.29. The molecule has 0 atom stereocenters. The molecule has 0 bridgehead atoms. The van der Waals surface area contributed by atoms with Crippen LogP contribution in [0, 0.1) is 11.3 Å². The molecule has 0 aromatic heterocycles. The van der Waals surface area contributed by atoms with Crippen molar-refractivity contribution in [1.82, 2.24) is 5.32 Å². The van der Waals surface area contributed by atoms with Gasteiger partial charge >= 0.3 is 0 Å². The summed E-state index contributed by atoms with van der Waals surface area (Å²) in [5.41, 5.74) is 1.75. The van der Waals surface area contributed by atoms with Crippen LogP contribution in [-0.4, -0.2) is 5.91 Å². The van der Waals surface area contributed by atoms with E-state index in [2.05, 4.69) is 5.32 Å². The minimum atomic E-state index is -0.319.